The van der Waals surface area contributed by atoms with Crippen LogP contribution in [0.15, 0.2) is 0 Å². The summed E-state index contributed by atoms with van der Waals surface area (Å²) >= 11 is 0. The molecule has 0 aromatic heterocycles. The maximum absolute atomic E-state index is 10.9. The minimum Gasteiger partial charge on any atom is -0.395 e. The van der Waals surface area contributed by atoms with Gasteiger partial charge in [0.05, 0.1) is 24.7 Å². The molecule has 0 aliphatic rings. The molecular weight excluding hydrogens is 220 g/mol. The van der Waals surface area contributed by atoms with Gasteiger partial charge in [0.1, 0.15) is 0 Å². The molecule has 0 bridgehead atoms. The van der Waals surface area contributed by atoms with Crippen LogP contribution in [0.5, 0.6) is 0 Å². The Kier molecular flexibility index (Phi) is 4.82. The van der Waals surface area contributed by atoms with Gasteiger partial charge in [-0.15, -0.1) is 0 Å². The van der Waals surface area contributed by atoms with E-state index in [1.165, 1.54) is 0 Å². The Morgan fingerprint density at radius 2 is 1.08 bits per heavy atom. The second-order valence-electron chi connectivity index (χ2n) is 2.46. The van der Waals surface area contributed by atoms with E-state index in [0.29, 0.717) is 0 Å². The molecule has 0 amide bonds. The molecule has 0 unspecified atom stereocenters. The quantitative estimate of drug-likeness (QED) is 0.536. The van der Waals surface area contributed by atoms with Gasteiger partial charge in [0.2, 0.25) is 0 Å². The molecule has 0 saturated heterocycles. The third-order valence-corrected chi connectivity index (χ3v) is 5.65. The summed E-state index contributed by atoms with van der Waals surface area (Å²) in [6.45, 7) is -1.20. The average Bonchev–Trinajstić information content (AvgIpc) is 1.82. The van der Waals surface area contributed by atoms with Crippen molar-refractivity contribution < 1.29 is 27.0 Å². The lowest BCUT2D eigenvalue weighted by Crippen LogP contribution is -2.24. The zero-order valence-corrected chi connectivity index (χ0v) is 8.51. The molecule has 0 spiro atoms. The number of hydrogen-bond donors (Lipinski definition) is 2. The predicted molar refractivity (Wildman–Crippen MR) is 46.6 cm³/mol. The SMILES string of the molecule is O=S(=O)(CCO)CS(=O)(=O)CCO. The first-order valence-electron chi connectivity index (χ1n) is 3.45. The number of aliphatic hydroxyl groups excluding tert-OH is 2. The van der Waals surface area contributed by atoms with Gasteiger partial charge >= 0.3 is 0 Å². The molecule has 0 aromatic rings. The minimum absolute atomic E-state index is 0.572. The van der Waals surface area contributed by atoms with Gasteiger partial charge in [-0.25, -0.2) is 16.8 Å². The first kappa shape index (κ1) is 12.8. The van der Waals surface area contributed by atoms with E-state index in [9.17, 15) is 16.8 Å². The van der Waals surface area contributed by atoms with Crippen molar-refractivity contribution in [2.75, 3.05) is 29.8 Å². The Balaban J connectivity index is 4.44. The zero-order chi connectivity index (χ0) is 10.5. The largest absolute Gasteiger partial charge is 0.395 e. The number of aliphatic hydroxyl groups is 2. The van der Waals surface area contributed by atoms with Crippen LogP contribution in [-0.2, 0) is 19.7 Å². The van der Waals surface area contributed by atoms with Crippen LogP contribution in [0.25, 0.3) is 0 Å². The van der Waals surface area contributed by atoms with E-state index in [2.05, 4.69) is 0 Å². The van der Waals surface area contributed by atoms with Crippen LogP contribution in [0, 0.1) is 0 Å². The fourth-order valence-corrected chi connectivity index (χ4v) is 4.36. The number of hydrogen-bond acceptors (Lipinski definition) is 6. The molecule has 0 heterocycles. The fraction of sp³-hybridized carbons (Fsp3) is 1.00. The van der Waals surface area contributed by atoms with E-state index in [-0.39, 0.29) is 0 Å². The molecule has 0 rings (SSSR count). The summed E-state index contributed by atoms with van der Waals surface area (Å²) in [5, 5.41) is 15.6. The monoisotopic (exact) mass is 232 g/mol. The van der Waals surface area contributed by atoms with Crippen LogP contribution >= 0.6 is 0 Å². The molecule has 0 aliphatic carbocycles. The van der Waals surface area contributed by atoms with Gasteiger partial charge in [-0.1, -0.05) is 0 Å². The molecule has 13 heavy (non-hydrogen) atoms. The van der Waals surface area contributed by atoms with Gasteiger partial charge < -0.3 is 10.2 Å². The molecule has 0 aliphatic heterocycles. The Morgan fingerprint density at radius 1 is 0.769 bits per heavy atom. The van der Waals surface area contributed by atoms with E-state index in [0.717, 1.165) is 0 Å². The van der Waals surface area contributed by atoms with E-state index < -0.39 is 49.5 Å². The second kappa shape index (κ2) is 4.89. The van der Waals surface area contributed by atoms with Crippen molar-refractivity contribution in [1.29, 1.82) is 0 Å². The third-order valence-electron chi connectivity index (χ3n) is 1.16. The Morgan fingerprint density at radius 3 is 1.31 bits per heavy atom. The average molecular weight is 232 g/mol. The van der Waals surface area contributed by atoms with Crippen molar-refractivity contribution in [2.45, 2.75) is 0 Å². The van der Waals surface area contributed by atoms with Gasteiger partial charge in [-0.2, -0.15) is 0 Å². The molecule has 80 valence electrons. The van der Waals surface area contributed by atoms with E-state index in [4.69, 9.17) is 10.2 Å². The lowest BCUT2D eigenvalue weighted by Gasteiger charge is -2.02. The summed E-state index contributed by atoms with van der Waals surface area (Å²) < 4.78 is 43.6. The first-order chi connectivity index (χ1) is 5.83. The summed E-state index contributed by atoms with van der Waals surface area (Å²) in [6.07, 6.45) is 0. The summed E-state index contributed by atoms with van der Waals surface area (Å²) in [4.78, 5) is 0. The highest BCUT2D eigenvalue weighted by atomic mass is 32.3. The molecule has 8 heteroatoms. The molecule has 2 N–H and O–H groups in total. The molecule has 0 fully saturated rings. The normalized spacial score (nSPS) is 13.1. The fourth-order valence-electron chi connectivity index (χ4n) is 0.670. The smallest absolute Gasteiger partial charge is 0.166 e. The first-order valence-corrected chi connectivity index (χ1v) is 7.10. The van der Waals surface area contributed by atoms with Crippen LogP contribution in [0.2, 0.25) is 0 Å². The van der Waals surface area contributed by atoms with Gasteiger partial charge in [0, 0.05) is 0 Å². The summed E-state index contributed by atoms with van der Waals surface area (Å²) in [5.41, 5.74) is 0. The molecule has 6 nitrogen and oxygen atoms in total. The van der Waals surface area contributed by atoms with E-state index >= 15 is 0 Å². The Hall–Kier alpha value is -0.180. The van der Waals surface area contributed by atoms with Gasteiger partial charge in [0.25, 0.3) is 0 Å². The summed E-state index contributed by atoms with van der Waals surface area (Å²) in [5.74, 6) is -1.14. The Labute approximate surface area is 77.0 Å². The van der Waals surface area contributed by atoms with Crippen molar-refractivity contribution in [2.24, 2.45) is 0 Å². The summed E-state index contributed by atoms with van der Waals surface area (Å²) in [7, 11) is -7.52. The van der Waals surface area contributed by atoms with E-state index in [1.54, 1.807) is 0 Å². The number of rotatable bonds is 6. The topological polar surface area (TPSA) is 109 Å². The van der Waals surface area contributed by atoms with Crippen molar-refractivity contribution in [3.05, 3.63) is 0 Å². The van der Waals surface area contributed by atoms with E-state index in [1.807, 2.05) is 0 Å². The van der Waals surface area contributed by atoms with Crippen molar-refractivity contribution in [3.63, 3.8) is 0 Å². The molecule has 0 radical (unpaired) electrons. The lowest BCUT2D eigenvalue weighted by atomic mass is 10.9. The third kappa shape index (κ3) is 5.97. The minimum atomic E-state index is -3.76. The Bertz CT molecular complexity index is 292. The van der Waals surface area contributed by atoms with Crippen molar-refractivity contribution in [3.8, 4) is 0 Å². The van der Waals surface area contributed by atoms with Crippen molar-refractivity contribution in [1.82, 2.24) is 0 Å². The number of sulfone groups is 2. The standard InChI is InChI=1S/C5H12O6S2/c6-1-3-12(8,9)5-13(10,11)4-2-7/h6-7H,1-5H2. The summed E-state index contributed by atoms with van der Waals surface area (Å²) in [6, 6.07) is 0. The highest BCUT2D eigenvalue weighted by Gasteiger charge is 2.20. The maximum atomic E-state index is 10.9. The van der Waals surface area contributed by atoms with Crippen LogP contribution in [0.4, 0.5) is 0 Å². The molecular formula is C5H12O6S2. The molecule has 0 aromatic carbocycles. The van der Waals surface area contributed by atoms with Gasteiger partial charge in [-0.3, -0.25) is 0 Å². The second-order valence-corrected chi connectivity index (χ2v) is 7.19. The van der Waals surface area contributed by atoms with Gasteiger partial charge in [-0.05, 0) is 0 Å². The van der Waals surface area contributed by atoms with Crippen LogP contribution in [-0.4, -0.2) is 56.9 Å². The molecule has 0 atom stereocenters. The predicted octanol–water partition coefficient (Wildman–Crippen LogP) is -2.24. The highest BCUT2D eigenvalue weighted by molar-refractivity contribution is 8.08. The van der Waals surface area contributed by atoms with Gasteiger partial charge in [0.15, 0.2) is 24.8 Å². The highest BCUT2D eigenvalue weighted by Crippen LogP contribution is 1.98. The van der Waals surface area contributed by atoms with Crippen LogP contribution in [0.1, 0.15) is 0 Å². The lowest BCUT2D eigenvalue weighted by molar-refractivity contribution is 0.319. The molecule has 0 saturated carbocycles. The zero-order valence-electron chi connectivity index (χ0n) is 6.88. The maximum Gasteiger partial charge on any atom is 0.166 e. The van der Waals surface area contributed by atoms with Crippen molar-refractivity contribution >= 4 is 19.7 Å². The van der Waals surface area contributed by atoms with Crippen LogP contribution < -0.4 is 0 Å². The van der Waals surface area contributed by atoms with Crippen LogP contribution in [0.3, 0.4) is 0 Å².